The molecule has 3 rings (SSSR count). The second-order valence-corrected chi connectivity index (χ2v) is 9.21. The zero-order valence-corrected chi connectivity index (χ0v) is 17.7. The van der Waals surface area contributed by atoms with Crippen LogP contribution >= 0.6 is 11.8 Å². The third-order valence-electron chi connectivity index (χ3n) is 4.28. The Morgan fingerprint density at radius 2 is 1.83 bits per heavy atom. The van der Waals surface area contributed by atoms with Gasteiger partial charge in [0, 0.05) is 16.9 Å². The van der Waals surface area contributed by atoms with Gasteiger partial charge in [-0.05, 0) is 37.6 Å². The molecule has 2 aromatic carbocycles. The van der Waals surface area contributed by atoms with E-state index in [1.807, 2.05) is 44.2 Å². The molecule has 0 bridgehead atoms. The van der Waals surface area contributed by atoms with Gasteiger partial charge in [-0.2, -0.15) is 0 Å². The van der Waals surface area contributed by atoms with Crippen LogP contribution in [0.2, 0.25) is 0 Å². The maximum absolute atomic E-state index is 12.7. The summed E-state index contributed by atoms with van der Waals surface area (Å²) in [6.07, 6.45) is 0.603. The summed E-state index contributed by atoms with van der Waals surface area (Å²) in [6.45, 7) is 3.88. The molecule has 1 aromatic heterocycles. The fraction of sp³-hybridized carbons (Fsp3) is 0.200. The first-order chi connectivity index (χ1) is 13.8. The zero-order valence-electron chi connectivity index (χ0n) is 16.0. The summed E-state index contributed by atoms with van der Waals surface area (Å²) < 4.78 is 22.7. The van der Waals surface area contributed by atoms with E-state index in [9.17, 15) is 13.2 Å². The maximum atomic E-state index is 12.7. The van der Waals surface area contributed by atoms with Crippen LogP contribution in [-0.4, -0.2) is 29.5 Å². The molecule has 1 heterocycles. The Labute approximate surface area is 174 Å². The molecule has 0 saturated carbocycles. The van der Waals surface area contributed by atoms with E-state index in [-0.39, 0.29) is 16.1 Å². The van der Waals surface area contributed by atoms with Crippen molar-refractivity contribution in [2.45, 2.75) is 35.6 Å². The van der Waals surface area contributed by atoms with E-state index in [1.165, 1.54) is 36.0 Å². The molecule has 0 saturated heterocycles. The molecule has 152 valence electrons. The number of nitrogens with one attached hydrogen (secondary N) is 2. The zero-order chi connectivity index (χ0) is 21.0. The molecular weight excluding hydrogens is 408 g/mol. The Balaban J connectivity index is 1.71. The first kappa shape index (κ1) is 21.1. The van der Waals surface area contributed by atoms with Gasteiger partial charge in [0.2, 0.25) is 15.9 Å². The summed E-state index contributed by atoms with van der Waals surface area (Å²) in [5, 5.41) is 8.21. The summed E-state index contributed by atoms with van der Waals surface area (Å²) in [6, 6.07) is 15.6. The average Bonchev–Trinajstić information content (AvgIpc) is 3.06. The fourth-order valence-corrected chi connectivity index (χ4v) is 4.25. The van der Waals surface area contributed by atoms with Gasteiger partial charge in [-0.1, -0.05) is 49.0 Å². The molecule has 0 aliphatic rings. The topological polar surface area (TPSA) is 118 Å². The van der Waals surface area contributed by atoms with Gasteiger partial charge in [0.25, 0.3) is 0 Å². The number of anilines is 1. The van der Waals surface area contributed by atoms with Gasteiger partial charge in [0.05, 0.1) is 15.8 Å². The molecule has 0 radical (unpaired) electrons. The number of amides is 1. The number of carbonyl (C=O) groups excluding carboxylic acids is 1. The van der Waals surface area contributed by atoms with Crippen molar-refractivity contribution in [3.8, 4) is 11.3 Å². The standard InChI is InChI=1S/C20H22N4O3S2/c1-3-17(19(25)23-15-9-11-16(12-10-15)29(21,26)27)28-20-22-13(2)18(24-20)14-7-5-4-6-8-14/h4-12,17H,3H2,1-2H3,(H,22,24)(H,23,25)(H2,21,26,27)/t17-/m1/s1. The summed E-state index contributed by atoms with van der Waals surface area (Å²) in [7, 11) is -3.76. The number of nitrogens with two attached hydrogens (primary N) is 1. The highest BCUT2D eigenvalue weighted by molar-refractivity contribution is 8.00. The molecule has 29 heavy (non-hydrogen) atoms. The van der Waals surface area contributed by atoms with Gasteiger partial charge in [-0.15, -0.1) is 0 Å². The van der Waals surface area contributed by atoms with Gasteiger partial charge in [0.15, 0.2) is 5.16 Å². The lowest BCUT2D eigenvalue weighted by atomic mass is 10.1. The summed E-state index contributed by atoms with van der Waals surface area (Å²) in [5.41, 5.74) is 3.32. The van der Waals surface area contributed by atoms with E-state index in [1.54, 1.807) is 0 Å². The lowest BCUT2D eigenvalue weighted by Gasteiger charge is -2.13. The summed E-state index contributed by atoms with van der Waals surface area (Å²) in [4.78, 5) is 20.6. The maximum Gasteiger partial charge on any atom is 0.238 e. The number of rotatable bonds is 7. The predicted octanol–water partition coefficient (Wildman–Crippen LogP) is 3.54. The quantitative estimate of drug-likeness (QED) is 0.496. The second kappa shape index (κ2) is 8.81. The lowest BCUT2D eigenvalue weighted by molar-refractivity contribution is -0.115. The number of aromatic amines is 1. The first-order valence-corrected chi connectivity index (χ1v) is 11.4. The lowest BCUT2D eigenvalue weighted by Crippen LogP contribution is -2.24. The van der Waals surface area contributed by atoms with Crippen molar-refractivity contribution < 1.29 is 13.2 Å². The van der Waals surface area contributed by atoms with Crippen LogP contribution in [0, 0.1) is 6.92 Å². The summed E-state index contributed by atoms with van der Waals surface area (Å²) in [5.74, 6) is -0.184. The smallest absolute Gasteiger partial charge is 0.238 e. The molecule has 0 aliphatic carbocycles. The Morgan fingerprint density at radius 1 is 1.17 bits per heavy atom. The Bertz CT molecular complexity index is 1090. The van der Waals surface area contributed by atoms with Crippen LogP contribution in [0.25, 0.3) is 11.3 Å². The monoisotopic (exact) mass is 430 g/mol. The number of hydrogen-bond acceptors (Lipinski definition) is 5. The number of hydrogen-bond donors (Lipinski definition) is 3. The molecule has 0 spiro atoms. The van der Waals surface area contributed by atoms with E-state index in [4.69, 9.17) is 5.14 Å². The van der Waals surface area contributed by atoms with Crippen molar-refractivity contribution in [3.63, 3.8) is 0 Å². The molecule has 3 aromatic rings. The number of aryl methyl sites for hydroxylation is 1. The van der Waals surface area contributed by atoms with Crippen molar-refractivity contribution in [1.82, 2.24) is 9.97 Å². The number of thioether (sulfide) groups is 1. The number of aromatic nitrogens is 2. The second-order valence-electron chi connectivity index (χ2n) is 6.45. The van der Waals surface area contributed by atoms with Crippen LogP contribution in [0.1, 0.15) is 19.0 Å². The Kier molecular flexibility index (Phi) is 6.41. The van der Waals surface area contributed by atoms with Gasteiger partial charge in [0.1, 0.15) is 0 Å². The van der Waals surface area contributed by atoms with Crippen LogP contribution in [0.4, 0.5) is 5.69 Å². The Hall–Kier alpha value is -2.62. The van der Waals surface area contributed by atoms with Gasteiger partial charge < -0.3 is 10.3 Å². The molecule has 1 atom stereocenters. The van der Waals surface area contributed by atoms with Gasteiger partial charge in [-0.3, -0.25) is 4.79 Å². The van der Waals surface area contributed by atoms with E-state index in [0.717, 1.165) is 17.0 Å². The molecule has 7 nitrogen and oxygen atoms in total. The van der Waals surface area contributed by atoms with E-state index in [2.05, 4.69) is 15.3 Å². The van der Waals surface area contributed by atoms with E-state index in [0.29, 0.717) is 17.3 Å². The molecular formula is C20H22N4O3S2. The number of H-pyrrole nitrogens is 1. The molecule has 4 N–H and O–H groups in total. The highest BCUT2D eigenvalue weighted by Crippen LogP contribution is 2.29. The molecule has 1 amide bonds. The minimum absolute atomic E-state index is 0.00332. The van der Waals surface area contributed by atoms with Crippen molar-refractivity contribution in [1.29, 1.82) is 0 Å². The Morgan fingerprint density at radius 3 is 2.41 bits per heavy atom. The van der Waals surface area contributed by atoms with Crippen LogP contribution < -0.4 is 10.5 Å². The van der Waals surface area contributed by atoms with E-state index >= 15 is 0 Å². The first-order valence-electron chi connectivity index (χ1n) is 9.00. The normalized spacial score (nSPS) is 12.5. The number of sulfonamides is 1. The van der Waals surface area contributed by atoms with E-state index < -0.39 is 10.0 Å². The van der Waals surface area contributed by atoms with Crippen LogP contribution in [0.5, 0.6) is 0 Å². The largest absolute Gasteiger partial charge is 0.336 e. The van der Waals surface area contributed by atoms with Crippen molar-refractivity contribution in [3.05, 3.63) is 60.3 Å². The minimum Gasteiger partial charge on any atom is -0.336 e. The van der Waals surface area contributed by atoms with Crippen molar-refractivity contribution in [2.24, 2.45) is 5.14 Å². The molecule has 0 fully saturated rings. The van der Waals surface area contributed by atoms with Crippen LogP contribution in [0.3, 0.4) is 0 Å². The predicted molar refractivity (Wildman–Crippen MR) is 115 cm³/mol. The highest BCUT2D eigenvalue weighted by Gasteiger charge is 2.21. The summed E-state index contributed by atoms with van der Waals surface area (Å²) >= 11 is 1.36. The number of primary sulfonamides is 1. The van der Waals surface area contributed by atoms with Gasteiger partial charge in [-0.25, -0.2) is 18.5 Å². The number of nitrogens with zero attached hydrogens (tertiary/aromatic N) is 1. The van der Waals surface area contributed by atoms with Crippen molar-refractivity contribution >= 4 is 33.4 Å². The van der Waals surface area contributed by atoms with Crippen LogP contribution in [-0.2, 0) is 14.8 Å². The van der Waals surface area contributed by atoms with Gasteiger partial charge >= 0.3 is 0 Å². The third kappa shape index (κ3) is 5.26. The van der Waals surface area contributed by atoms with Crippen LogP contribution in [0.15, 0.2) is 64.6 Å². The fourth-order valence-electron chi connectivity index (χ4n) is 2.77. The minimum atomic E-state index is -3.76. The molecule has 9 heteroatoms. The third-order valence-corrected chi connectivity index (χ3v) is 6.46. The number of benzene rings is 2. The van der Waals surface area contributed by atoms with Crippen molar-refractivity contribution in [2.75, 3.05) is 5.32 Å². The molecule has 0 aliphatic heterocycles. The molecule has 0 unspecified atom stereocenters. The number of carbonyl (C=O) groups is 1. The highest BCUT2D eigenvalue weighted by atomic mass is 32.2. The average molecular weight is 431 g/mol. The SMILES string of the molecule is CC[C@@H](Sc1nc(-c2ccccc2)c(C)[nH]1)C(=O)Nc1ccc(S(N)(=O)=O)cc1. The number of imidazole rings is 1.